The molecule has 0 unspecified atom stereocenters. The second kappa shape index (κ2) is 11.5. The van der Waals surface area contributed by atoms with Crippen LogP contribution < -0.4 is 5.32 Å². The minimum Gasteiger partial charge on any atom is -0.353 e. The molecule has 0 radical (unpaired) electrons. The molecule has 1 amide bonds. The highest BCUT2D eigenvalue weighted by Crippen LogP contribution is 2.23. The van der Waals surface area contributed by atoms with E-state index in [4.69, 9.17) is 23.2 Å². The molecule has 1 rings (SSSR count). The molecule has 134 valence electrons. The van der Waals surface area contributed by atoms with Crippen LogP contribution in [0, 0.1) is 0 Å². The van der Waals surface area contributed by atoms with Gasteiger partial charge in [-0.1, -0.05) is 35.3 Å². The van der Waals surface area contributed by atoms with Crippen LogP contribution in [0.3, 0.4) is 0 Å². The summed E-state index contributed by atoms with van der Waals surface area (Å²) in [6.45, 7) is 4.89. The third-order valence-corrected chi connectivity index (χ3v) is 3.77. The van der Waals surface area contributed by atoms with Gasteiger partial charge in [-0.3, -0.25) is 4.79 Å². The van der Waals surface area contributed by atoms with Gasteiger partial charge in [-0.2, -0.15) is 0 Å². The first-order chi connectivity index (χ1) is 10.8. The molecule has 5 nitrogen and oxygen atoms in total. The molecule has 8 heteroatoms. The average Bonchev–Trinajstić information content (AvgIpc) is 2.50. The quantitative estimate of drug-likeness (QED) is 0.292. The van der Waals surface area contributed by atoms with Crippen LogP contribution in [-0.4, -0.2) is 55.9 Å². The Balaban J connectivity index is 0.00000529. The van der Waals surface area contributed by atoms with Gasteiger partial charge >= 0.3 is 0 Å². The molecule has 24 heavy (non-hydrogen) atoms. The molecule has 0 heterocycles. The van der Waals surface area contributed by atoms with Crippen LogP contribution in [0.2, 0.25) is 10.0 Å². The zero-order valence-corrected chi connectivity index (χ0v) is 17.9. The maximum absolute atomic E-state index is 11.7. The summed E-state index contributed by atoms with van der Waals surface area (Å²) in [6, 6.07) is 5.48. The molecule has 1 aromatic rings. The van der Waals surface area contributed by atoms with Gasteiger partial charge in [0, 0.05) is 34.2 Å². The summed E-state index contributed by atoms with van der Waals surface area (Å²) in [5.74, 6) is 0.553. The zero-order valence-electron chi connectivity index (χ0n) is 14.1. The maximum atomic E-state index is 11.7. The molecule has 0 atom stereocenters. The molecule has 0 aliphatic rings. The largest absolute Gasteiger partial charge is 0.353 e. The van der Waals surface area contributed by atoms with Crippen molar-refractivity contribution in [2.75, 3.05) is 34.2 Å². The highest BCUT2D eigenvalue weighted by molar-refractivity contribution is 14.0. The Morgan fingerprint density at radius 3 is 2.50 bits per heavy atom. The van der Waals surface area contributed by atoms with E-state index in [0.29, 0.717) is 29.1 Å². The Kier molecular flexibility index (Phi) is 11.1. The fourth-order valence-corrected chi connectivity index (χ4v) is 2.07. The Hall–Kier alpha value is -0.990. The first kappa shape index (κ1) is 23.0. The smallest absolute Gasteiger partial charge is 0.243 e. The summed E-state index contributed by atoms with van der Waals surface area (Å²) in [5, 5.41) is 4.17. The first-order valence-corrected chi connectivity index (χ1v) is 7.85. The fourth-order valence-electron chi connectivity index (χ4n) is 1.75. The van der Waals surface area contributed by atoms with Crippen LogP contribution in [0.15, 0.2) is 35.8 Å². The van der Waals surface area contributed by atoms with Crippen LogP contribution in [0.1, 0.15) is 5.56 Å². The summed E-state index contributed by atoms with van der Waals surface area (Å²) >= 11 is 12.0. The van der Waals surface area contributed by atoms with Crippen LogP contribution in [0.5, 0.6) is 0 Å². The van der Waals surface area contributed by atoms with Gasteiger partial charge in [-0.25, -0.2) is 4.99 Å². The lowest BCUT2D eigenvalue weighted by Gasteiger charge is -2.22. The van der Waals surface area contributed by atoms with Crippen molar-refractivity contribution in [3.8, 4) is 0 Å². The highest BCUT2D eigenvalue weighted by Gasteiger charge is 2.10. The molecule has 0 fully saturated rings. The second-order valence-electron chi connectivity index (χ2n) is 5.20. The number of hydrogen-bond donors (Lipinski definition) is 1. The third kappa shape index (κ3) is 7.72. The van der Waals surface area contributed by atoms with Crippen molar-refractivity contribution in [2.45, 2.75) is 6.54 Å². The number of aliphatic imine (C=N–C) groups is 1. The predicted molar refractivity (Wildman–Crippen MR) is 113 cm³/mol. The summed E-state index contributed by atoms with van der Waals surface area (Å²) in [6.07, 6.45) is 1.73. The standard InChI is InChI=1S/C16H22Cl2N4O.HI/c1-5-8-19-16(20-10-15(23)21(2)3)22(4)11-12-6-7-13(17)14(18)9-12;/h5-7,9H,1,8,10-11H2,2-4H3,(H,19,20);1H. The van der Waals surface area contributed by atoms with Gasteiger partial charge in [0.05, 0.1) is 10.0 Å². The number of halogens is 3. The number of carbonyl (C=O) groups is 1. The van der Waals surface area contributed by atoms with E-state index >= 15 is 0 Å². The van der Waals surface area contributed by atoms with E-state index in [2.05, 4.69) is 16.9 Å². The Morgan fingerprint density at radius 2 is 1.96 bits per heavy atom. The van der Waals surface area contributed by atoms with Gasteiger partial charge in [0.15, 0.2) is 5.96 Å². The van der Waals surface area contributed by atoms with Gasteiger partial charge in [-0.15, -0.1) is 30.6 Å². The number of benzene rings is 1. The van der Waals surface area contributed by atoms with E-state index in [1.165, 1.54) is 4.90 Å². The average molecular weight is 485 g/mol. The van der Waals surface area contributed by atoms with Crippen molar-refractivity contribution in [2.24, 2.45) is 4.99 Å². The van der Waals surface area contributed by atoms with Crippen molar-refractivity contribution in [1.82, 2.24) is 15.1 Å². The molecular formula is C16H23Cl2IN4O. The highest BCUT2D eigenvalue weighted by atomic mass is 127. The summed E-state index contributed by atoms with van der Waals surface area (Å²) in [7, 11) is 5.29. The van der Waals surface area contributed by atoms with E-state index in [1.807, 2.05) is 24.1 Å². The van der Waals surface area contributed by atoms with Gasteiger partial charge in [0.1, 0.15) is 6.54 Å². The Morgan fingerprint density at radius 1 is 1.29 bits per heavy atom. The van der Waals surface area contributed by atoms with Crippen molar-refractivity contribution < 1.29 is 4.79 Å². The van der Waals surface area contributed by atoms with Crippen molar-refractivity contribution in [1.29, 1.82) is 0 Å². The number of likely N-dealkylation sites (N-methyl/N-ethyl adjacent to an activating group) is 1. The molecule has 0 spiro atoms. The van der Waals surface area contributed by atoms with E-state index in [9.17, 15) is 4.79 Å². The number of amides is 1. The number of carbonyl (C=O) groups excluding carboxylic acids is 1. The molecule has 0 aliphatic carbocycles. The summed E-state index contributed by atoms with van der Waals surface area (Å²) < 4.78 is 0. The molecule has 0 saturated heterocycles. The van der Waals surface area contributed by atoms with Crippen molar-refractivity contribution >= 4 is 59.0 Å². The van der Waals surface area contributed by atoms with Gasteiger partial charge in [0.2, 0.25) is 5.91 Å². The normalized spacial score (nSPS) is 10.6. The van der Waals surface area contributed by atoms with Crippen LogP contribution >= 0.6 is 47.2 Å². The predicted octanol–water partition coefficient (Wildman–Crippen LogP) is 3.26. The molecular weight excluding hydrogens is 462 g/mol. The van der Waals surface area contributed by atoms with Gasteiger partial charge < -0.3 is 15.1 Å². The minimum absolute atomic E-state index is 0. The summed E-state index contributed by atoms with van der Waals surface area (Å²) in [5.41, 5.74) is 0.994. The number of nitrogens with zero attached hydrogens (tertiary/aromatic N) is 3. The number of nitrogens with one attached hydrogen (secondary N) is 1. The monoisotopic (exact) mass is 484 g/mol. The van der Waals surface area contributed by atoms with Crippen LogP contribution in [0.4, 0.5) is 0 Å². The van der Waals surface area contributed by atoms with Crippen LogP contribution in [-0.2, 0) is 11.3 Å². The van der Waals surface area contributed by atoms with Gasteiger partial charge in [0.25, 0.3) is 0 Å². The zero-order chi connectivity index (χ0) is 17.4. The molecule has 0 bridgehead atoms. The number of rotatable bonds is 6. The minimum atomic E-state index is -0.0640. The van der Waals surface area contributed by atoms with Gasteiger partial charge in [-0.05, 0) is 17.7 Å². The van der Waals surface area contributed by atoms with E-state index < -0.39 is 0 Å². The van der Waals surface area contributed by atoms with Crippen molar-refractivity contribution in [3.63, 3.8) is 0 Å². The topological polar surface area (TPSA) is 47.9 Å². The number of guanidine groups is 1. The summed E-state index contributed by atoms with van der Waals surface area (Å²) in [4.78, 5) is 19.5. The maximum Gasteiger partial charge on any atom is 0.243 e. The van der Waals surface area contributed by atoms with Crippen molar-refractivity contribution in [3.05, 3.63) is 46.5 Å². The van der Waals surface area contributed by atoms with E-state index in [-0.39, 0.29) is 36.4 Å². The lowest BCUT2D eigenvalue weighted by molar-refractivity contribution is -0.127. The molecule has 1 aromatic carbocycles. The van der Waals surface area contributed by atoms with E-state index in [0.717, 1.165) is 5.56 Å². The Bertz CT molecular complexity index is 593. The second-order valence-corrected chi connectivity index (χ2v) is 6.02. The Labute approximate surface area is 170 Å². The molecule has 0 saturated carbocycles. The number of hydrogen-bond acceptors (Lipinski definition) is 2. The van der Waals surface area contributed by atoms with Crippen LogP contribution in [0.25, 0.3) is 0 Å². The fraction of sp³-hybridized carbons (Fsp3) is 0.375. The lowest BCUT2D eigenvalue weighted by atomic mass is 10.2. The lowest BCUT2D eigenvalue weighted by Crippen LogP contribution is -2.39. The first-order valence-electron chi connectivity index (χ1n) is 7.09. The molecule has 1 N–H and O–H groups in total. The third-order valence-electron chi connectivity index (χ3n) is 3.03. The van der Waals surface area contributed by atoms with E-state index in [1.54, 1.807) is 26.2 Å². The SMILES string of the molecule is C=CCNC(=NCC(=O)N(C)C)N(C)Cc1ccc(Cl)c(Cl)c1.I. The molecule has 0 aromatic heterocycles. The molecule has 0 aliphatic heterocycles.